The van der Waals surface area contributed by atoms with Crippen molar-refractivity contribution in [2.75, 3.05) is 12.3 Å². The molecule has 9 heteroatoms. The predicted molar refractivity (Wildman–Crippen MR) is 75.1 cm³/mol. The number of carboxylic acid groups (broad SMARTS) is 1. The number of hydrogen-bond acceptors (Lipinski definition) is 6. The quantitative estimate of drug-likeness (QED) is 0.364. The lowest BCUT2D eigenvalue weighted by molar-refractivity contribution is -0.384. The average Bonchev–Trinajstić information content (AvgIpc) is 2.45. The summed E-state index contributed by atoms with van der Waals surface area (Å²) in [5, 5.41) is 30.4. The smallest absolute Gasteiger partial charge is 0.332 e. The number of rotatable bonds is 8. The summed E-state index contributed by atoms with van der Waals surface area (Å²) in [4.78, 5) is 32.5. The number of benzene rings is 1. The van der Waals surface area contributed by atoms with Crippen molar-refractivity contribution in [1.82, 2.24) is 5.32 Å². The number of hydrogen-bond donors (Lipinski definition) is 3. The molecule has 1 rings (SSSR count). The molecule has 0 radical (unpaired) electrons. The van der Waals surface area contributed by atoms with Crippen LogP contribution in [0.25, 0.3) is 0 Å². The summed E-state index contributed by atoms with van der Waals surface area (Å²) in [7, 11) is 0. The third kappa shape index (κ3) is 6.23. The van der Waals surface area contributed by atoms with E-state index < -0.39 is 17.0 Å². The molecule has 114 valence electrons. The van der Waals surface area contributed by atoms with Crippen LogP contribution in [0.15, 0.2) is 29.2 Å². The van der Waals surface area contributed by atoms with Crippen LogP contribution >= 0.6 is 11.8 Å². The number of non-ortho nitro benzene ring substituents is 1. The number of nitro groups is 1. The number of carbonyl (C=O) groups is 2. The van der Waals surface area contributed by atoms with Gasteiger partial charge in [0.05, 0.1) is 10.7 Å². The van der Waals surface area contributed by atoms with E-state index in [2.05, 4.69) is 5.32 Å². The summed E-state index contributed by atoms with van der Waals surface area (Å²) >= 11 is 1.20. The molecule has 1 atom stereocenters. The van der Waals surface area contributed by atoms with E-state index in [-0.39, 0.29) is 30.3 Å². The molecule has 0 bridgehead atoms. The number of nitrogens with zero attached hydrogens (tertiary/aromatic N) is 1. The van der Waals surface area contributed by atoms with E-state index in [4.69, 9.17) is 10.2 Å². The topological polar surface area (TPSA) is 130 Å². The normalized spacial score (nSPS) is 11.7. The molecule has 0 spiro atoms. The Morgan fingerprint density at radius 1 is 1.33 bits per heavy atom. The van der Waals surface area contributed by atoms with Gasteiger partial charge in [0.15, 0.2) is 6.10 Å². The van der Waals surface area contributed by atoms with Crippen LogP contribution in [0.3, 0.4) is 0 Å². The van der Waals surface area contributed by atoms with Gasteiger partial charge in [0.2, 0.25) is 5.91 Å². The van der Waals surface area contributed by atoms with Gasteiger partial charge >= 0.3 is 5.97 Å². The van der Waals surface area contributed by atoms with Gasteiger partial charge in [-0.2, -0.15) is 0 Å². The Hall–Kier alpha value is -2.13. The Morgan fingerprint density at radius 3 is 2.48 bits per heavy atom. The maximum absolute atomic E-state index is 11.5. The summed E-state index contributed by atoms with van der Waals surface area (Å²) < 4.78 is 0. The van der Waals surface area contributed by atoms with Gasteiger partial charge in [-0.3, -0.25) is 14.9 Å². The zero-order valence-electron chi connectivity index (χ0n) is 10.9. The molecule has 0 heterocycles. The third-order valence-electron chi connectivity index (χ3n) is 2.44. The third-order valence-corrected chi connectivity index (χ3v) is 3.45. The van der Waals surface area contributed by atoms with Crippen molar-refractivity contribution in [3.8, 4) is 0 Å². The number of amides is 1. The van der Waals surface area contributed by atoms with E-state index in [1.807, 2.05) is 0 Å². The Morgan fingerprint density at radius 2 is 1.95 bits per heavy atom. The van der Waals surface area contributed by atoms with Crippen LogP contribution in [0.1, 0.15) is 6.42 Å². The molecule has 0 fully saturated rings. The molecule has 0 aromatic heterocycles. The highest BCUT2D eigenvalue weighted by Crippen LogP contribution is 2.20. The standard InChI is InChI=1S/C12H14N2O6S/c15-10(12(17)18)5-6-13-11(16)7-21-9-3-1-8(2-4-9)14(19)20/h1-4,10,15H,5-7H2,(H,13,16)(H,17,18). The number of carboxylic acids is 1. The molecule has 1 amide bonds. The van der Waals surface area contributed by atoms with E-state index in [1.165, 1.54) is 23.9 Å². The molecule has 1 aromatic rings. The van der Waals surface area contributed by atoms with Crippen molar-refractivity contribution in [3.63, 3.8) is 0 Å². The number of carbonyl (C=O) groups excluding carboxylic acids is 1. The van der Waals surface area contributed by atoms with Gasteiger partial charge < -0.3 is 15.5 Å². The SMILES string of the molecule is O=C(CSc1ccc([N+](=O)[O-])cc1)NCCC(O)C(=O)O. The minimum Gasteiger partial charge on any atom is -0.479 e. The first-order valence-corrected chi connectivity index (χ1v) is 6.93. The molecule has 0 aliphatic carbocycles. The van der Waals surface area contributed by atoms with Gasteiger partial charge in [0, 0.05) is 30.0 Å². The van der Waals surface area contributed by atoms with E-state index >= 15 is 0 Å². The fourth-order valence-corrected chi connectivity index (χ4v) is 2.06. The van der Waals surface area contributed by atoms with Crippen LogP contribution in [0.4, 0.5) is 5.69 Å². The first-order valence-electron chi connectivity index (χ1n) is 5.95. The second kappa shape index (κ2) is 8.22. The van der Waals surface area contributed by atoms with Gasteiger partial charge in [-0.25, -0.2) is 4.79 Å². The van der Waals surface area contributed by atoms with Gasteiger partial charge in [0.1, 0.15) is 0 Å². The molecular formula is C12H14N2O6S. The lowest BCUT2D eigenvalue weighted by Crippen LogP contribution is -2.31. The minimum atomic E-state index is -1.49. The van der Waals surface area contributed by atoms with Gasteiger partial charge in [-0.1, -0.05) is 0 Å². The van der Waals surface area contributed by atoms with Gasteiger partial charge in [-0.05, 0) is 12.1 Å². The maximum atomic E-state index is 11.5. The van der Waals surface area contributed by atoms with Crippen molar-refractivity contribution in [1.29, 1.82) is 0 Å². The molecule has 0 saturated carbocycles. The summed E-state index contributed by atoms with van der Waals surface area (Å²) in [5.41, 5.74) is -0.0218. The Bertz CT molecular complexity index is 519. The van der Waals surface area contributed by atoms with E-state index in [0.29, 0.717) is 4.90 Å². The van der Waals surface area contributed by atoms with Crippen molar-refractivity contribution in [3.05, 3.63) is 34.4 Å². The first kappa shape index (κ1) is 16.9. The highest BCUT2D eigenvalue weighted by atomic mass is 32.2. The molecule has 0 saturated heterocycles. The molecule has 21 heavy (non-hydrogen) atoms. The molecule has 0 aliphatic heterocycles. The number of aliphatic hydroxyl groups is 1. The summed E-state index contributed by atoms with van der Waals surface area (Å²) in [6.07, 6.45) is -1.56. The average molecular weight is 314 g/mol. The lowest BCUT2D eigenvalue weighted by Gasteiger charge is -2.07. The fourth-order valence-electron chi connectivity index (χ4n) is 1.34. The molecule has 8 nitrogen and oxygen atoms in total. The van der Waals surface area contributed by atoms with Crippen molar-refractivity contribution in [2.24, 2.45) is 0 Å². The minimum absolute atomic E-state index is 0.0218. The van der Waals surface area contributed by atoms with Crippen LogP contribution in [0, 0.1) is 10.1 Å². The fraction of sp³-hybridized carbons (Fsp3) is 0.333. The number of nitro benzene ring substituents is 1. The zero-order valence-corrected chi connectivity index (χ0v) is 11.7. The zero-order chi connectivity index (χ0) is 15.8. The van der Waals surface area contributed by atoms with Gasteiger partial charge in [-0.15, -0.1) is 11.8 Å². The second-order valence-corrected chi connectivity index (χ2v) is 5.08. The number of aliphatic carboxylic acids is 1. The van der Waals surface area contributed by atoms with Crippen LogP contribution in [0.5, 0.6) is 0 Å². The predicted octanol–water partition coefficient (Wildman–Crippen LogP) is 0.639. The Kier molecular flexibility index (Phi) is 6.63. The Balaban J connectivity index is 2.29. The van der Waals surface area contributed by atoms with Crippen LogP contribution < -0.4 is 5.32 Å². The maximum Gasteiger partial charge on any atom is 0.332 e. The van der Waals surface area contributed by atoms with E-state index in [1.54, 1.807) is 12.1 Å². The van der Waals surface area contributed by atoms with Crippen molar-refractivity contribution in [2.45, 2.75) is 17.4 Å². The molecular weight excluding hydrogens is 300 g/mol. The highest BCUT2D eigenvalue weighted by Gasteiger charge is 2.13. The van der Waals surface area contributed by atoms with Crippen molar-refractivity contribution >= 4 is 29.3 Å². The number of thioether (sulfide) groups is 1. The summed E-state index contributed by atoms with van der Waals surface area (Å²) in [6.45, 7) is 0.0626. The molecule has 0 aliphatic rings. The molecule has 1 unspecified atom stereocenters. The lowest BCUT2D eigenvalue weighted by atomic mass is 10.2. The first-order chi connectivity index (χ1) is 9.90. The Labute approximate surface area is 124 Å². The summed E-state index contributed by atoms with van der Waals surface area (Å²) in [5.74, 6) is -1.54. The number of nitrogens with one attached hydrogen (secondary N) is 1. The van der Waals surface area contributed by atoms with Gasteiger partial charge in [0.25, 0.3) is 5.69 Å². The summed E-state index contributed by atoms with van der Waals surface area (Å²) in [6, 6.07) is 5.79. The van der Waals surface area contributed by atoms with Crippen LogP contribution in [-0.2, 0) is 9.59 Å². The van der Waals surface area contributed by atoms with Crippen molar-refractivity contribution < 1.29 is 24.7 Å². The largest absolute Gasteiger partial charge is 0.479 e. The monoisotopic (exact) mass is 314 g/mol. The van der Waals surface area contributed by atoms with E-state index in [0.717, 1.165) is 0 Å². The number of aliphatic hydroxyl groups excluding tert-OH is 1. The van der Waals surface area contributed by atoms with E-state index in [9.17, 15) is 19.7 Å². The van der Waals surface area contributed by atoms with Crippen LogP contribution in [-0.4, -0.2) is 45.4 Å². The molecule has 3 N–H and O–H groups in total. The second-order valence-electron chi connectivity index (χ2n) is 4.03. The highest BCUT2D eigenvalue weighted by molar-refractivity contribution is 8.00. The molecule has 1 aromatic carbocycles. The van der Waals surface area contributed by atoms with Crippen LogP contribution in [0.2, 0.25) is 0 Å².